The molecule has 0 saturated heterocycles. The fourth-order valence-corrected chi connectivity index (χ4v) is 9.04. The van der Waals surface area contributed by atoms with Gasteiger partial charge in [-0.05, 0) is 70.2 Å². The molecule has 1 aromatic carbocycles. The standard InChI is InChI=1S/C19H29ClNOP.Y/c1-6-23(7-2,8-3)19(10-9-11-19)18(22)21-17-14(4)12-16(20)13-15(17)5;/h6,12-13H,7-11H2,1-5H3,(H,21,22);. The smallest absolute Gasteiger partial charge is 0.265 e. The molecule has 1 saturated carbocycles. The Morgan fingerprint density at radius 2 is 1.75 bits per heavy atom. The Bertz CT molecular complexity index is 566. The third kappa shape index (κ3) is 3.78. The maximum absolute atomic E-state index is 13.3. The summed E-state index contributed by atoms with van der Waals surface area (Å²) in [7, 11) is -1.37. The van der Waals surface area contributed by atoms with Gasteiger partial charge in [-0.15, -0.1) is 7.26 Å². The molecule has 0 aliphatic heterocycles. The van der Waals surface area contributed by atoms with Crippen LogP contribution in [0.25, 0.3) is 0 Å². The minimum Gasteiger partial charge on any atom is -0.322 e. The fourth-order valence-electron chi connectivity index (χ4n) is 4.17. The SMILES string of the molecule is C[CH-][P+](CC)(CC)C1(C(=O)Nc2c(C)cc(Cl)cc2C)CCC1.[Y]. The van der Waals surface area contributed by atoms with E-state index >= 15 is 0 Å². The number of nitrogens with one attached hydrogen (secondary N) is 1. The van der Waals surface area contributed by atoms with Crippen LogP contribution in [-0.2, 0) is 37.5 Å². The van der Waals surface area contributed by atoms with Gasteiger partial charge in [0.15, 0.2) is 0 Å². The zero-order valence-corrected chi connectivity index (χ0v) is 20.1. The van der Waals surface area contributed by atoms with E-state index in [1.165, 1.54) is 6.42 Å². The van der Waals surface area contributed by atoms with Crippen molar-refractivity contribution in [2.24, 2.45) is 0 Å². The van der Waals surface area contributed by atoms with Crippen LogP contribution in [-0.4, -0.2) is 23.4 Å². The normalized spacial score (nSPS) is 16.1. The number of hydrogen-bond donors (Lipinski definition) is 1. The molecule has 5 heteroatoms. The Morgan fingerprint density at radius 1 is 1.25 bits per heavy atom. The number of anilines is 1. The second-order valence-corrected chi connectivity index (χ2v) is 11.8. The van der Waals surface area contributed by atoms with Crippen LogP contribution in [0, 0.1) is 20.0 Å². The van der Waals surface area contributed by atoms with Crippen molar-refractivity contribution >= 4 is 30.5 Å². The fraction of sp³-hybridized carbons (Fsp3) is 0.579. The van der Waals surface area contributed by atoms with Crippen molar-refractivity contribution in [3.05, 3.63) is 34.4 Å². The number of amides is 1. The topological polar surface area (TPSA) is 29.1 Å². The molecule has 1 amide bonds. The first-order valence-corrected chi connectivity index (χ1v) is 11.2. The molecule has 0 bridgehead atoms. The van der Waals surface area contributed by atoms with Crippen molar-refractivity contribution in [2.75, 3.05) is 17.6 Å². The summed E-state index contributed by atoms with van der Waals surface area (Å²) in [6.45, 7) is 10.7. The van der Waals surface area contributed by atoms with Crippen LogP contribution in [0.1, 0.15) is 51.2 Å². The molecule has 0 unspecified atom stereocenters. The van der Waals surface area contributed by atoms with Crippen molar-refractivity contribution in [1.82, 2.24) is 0 Å². The van der Waals surface area contributed by atoms with Crippen LogP contribution >= 0.6 is 18.9 Å². The van der Waals surface area contributed by atoms with Gasteiger partial charge in [0.2, 0.25) is 0 Å². The second kappa shape index (κ2) is 8.94. The molecule has 1 radical (unpaired) electrons. The van der Waals surface area contributed by atoms with Gasteiger partial charge in [0.1, 0.15) is 5.16 Å². The molecule has 1 fully saturated rings. The van der Waals surface area contributed by atoms with Gasteiger partial charge in [0, 0.05) is 55.7 Å². The predicted molar refractivity (Wildman–Crippen MR) is 104 cm³/mol. The number of benzene rings is 1. The first-order valence-electron chi connectivity index (χ1n) is 8.61. The molecule has 2 rings (SSSR count). The van der Waals surface area contributed by atoms with Crippen LogP contribution in [0.3, 0.4) is 0 Å². The Kier molecular flexibility index (Phi) is 8.40. The number of hydrogen-bond acceptors (Lipinski definition) is 1. The van der Waals surface area contributed by atoms with Gasteiger partial charge in [-0.1, -0.05) is 11.6 Å². The number of carbonyl (C=O) groups is 1. The van der Waals surface area contributed by atoms with Gasteiger partial charge >= 0.3 is 0 Å². The van der Waals surface area contributed by atoms with Crippen LogP contribution in [0.15, 0.2) is 12.1 Å². The van der Waals surface area contributed by atoms with Gasteiger partial charge in [-0.25, -0.2) is 0 Å². The Hall–Kier alpha value is 0.514. The van der Waals surface area contributed by atoms with Gasteiger partial charge in [0.25, 0.3) is 5.91 Å². The van der Waals surface area contributed by atoms with Gasteiger partial charge in [-0.2, -0.15) is 13.1 Å². The third-order valence-corrected chi connectivity index (χ3v) is 11.6. The largest absolute Gasteiger partial charge is 0.322 e. The molecule has 131 valence electrons. The molecule has 2 nitrogen and oxygen atoms in total. The zero-order valence-electron chi connectivity index (χ0n) is 15.6. The second-order valence-electron chi connectivity index (χ2n) is 6.68. The molecule has 0 heterocycles. The average Bonchev–Trinajstić information content (AvgIpc) is 2.46. The van der Waals surface area contributed by atoms with Crippen molar-refractivity contribution in [3.63, 3.8) is 0 Å². The molecule has 1 aliphatic carbocycles. The molecule has 1 aromatic rings. The minimum absolute atomic E-state index is 0. The summed E-state index contributed by atoms with van der Waals surface area (Å²) in [6.07, 6.45) is 7.85. The maximum Gasteiger partial charge on any atom is 0.265 e. The Balaban J connectivity index is 0.00000288. The van der Waals surface area contributed by atoms with E-state index < -0.39 is 7.26 Å². The first kappa shape index (κ1) is 22.6. The average molecular weight is 443 g/mol. The summed E-state index contributed by atoms with van der Waals surface area (Å²) in [4.78, 5) is 13.3. The summed E-state index contributed by atoms with van der Waals surface area (Å²) in [5.41, 5.74) is 3.01. The zero-order chi connectivity index (χ0) is 17.3. The van der Waals surface area contributed by atoms with Crippen molar-refractivity contribution in [2.45, 2.75) is 59.0 Å². The number of aryl methyl sites for hydroxylation is 2. The molecular weight excluding hydrogens is 414 g/mol. The summed E-state index contributed by atoms with van der Waals surface area (Å²) >= 11 is 6.11. The van der Waals surface area contributed by atoms with Crippen LogP contribution in [0.2, 0.25) is 5.02 Å². The van der Waals surface area contributed by atoms with E-state index in [0.29, 0.717) is 0 Å². The Labute approximate surface area is 178 Å². The van der Waals surface area contributed by atoms with Crippen molar-refractivity contribution in [3.8, 4) is 0 Å². The molecule has 0 aromatic heterocycles. The van der Waals surface area contributed by atoms with Gasteiger partial charge in [-0.3, -0.25) is 4.79 Å². The van der Waals surface area contributed by atoms with Crippen LogP contribution < -0.4 is 5.32 Å². The number of halogens is 1. The predicted octanol–water partition coefficient (Wildman–Crippen LogP) is 6.05. The van der Waals surface area contributed by atoms with E-state index in [0.717, 1.165) is 47.0 Å². The first-order chi connectivity index (χ1) is 10.9. The maximum atomic E-state index is 13.3. The summed E-state index contributed by atoms with van der Waals surface area (Å²) in [5.74, 6) is 0.229. The summed E-state index contributed by atoms with van der Waals surface area (Å²) in [5, 5.41) is 3.84. The van der Waals surface area contributed by atoms with Crippen LogP contribution in [0.4, 0.5) is 5.69 Å². The van der Waals surface area contributed by atoms with E-state index in [2.05, 4.69) is 32.2 Å². The Morgan fingerprint density at radius 3 is 2.08 bits per heavy atom. The number of carbonyl (C=O) groups excluding carboxylic acids is 1. The quantitative estimate of drug-likeness (QED) is 0.421. The van der Waals surface area contributed by atoms with Crippen molar-refractivity contribution in [1.29, 1.82) is 0 Å². The summed E-state index contributed by atoms with van der Waals surface area (Å²) in [6, 6.07) is 3.84. The molecule has 0 atom stereocenters. The molecule has 24 heavy (non-hydrogen) atoms. The molecule has 0 spiro atoms. The van der Waals surface area contributed by atoms with E-state index in [9.17, 15) is 4.79 Å². The monoisotopic (exact) mass is 442 g/mol. The van der Waals surface area contributed by atoms with E-state index in [4.69, 9.17) is 11.6 Å². The summed E-state index contributed by atoms with van der Waals surface area (Å²) < 4.78 is 0. The van der Waals surface area contributed by atoms with Gasteiger partial charge in [0.05, 0.1) is 0 Å². The van der Waals surface area contributed by atoms with Gasteiger partial charge < -0.3 is 5.32 Å². The van der Waals surface area contributed by atoms with E-state index in [1.807, 2.05) is 26.0 Å². The van der Waals surface area contributed by atoms with Crippen LogP contribution in [0.5, 0.6) is 0 Å². The van der Waals surface area contributed by atoms with E-state index in [1.54, 1.807) is 0 Å². The molecule has 1 aliphatic rings. The molecular formula is C19H29ClNOPY. The third-order valence-electron chi connectivity index (χ3n) is 5.81. The molecule has 1 N–H and O–H groups in total. The minimum atomic E-state index is -1.37. The number of rotatable bonds is 6. The van der Waals surface area contributed by atoms with E-state index in [-0.39, 0.29) is 43.8 Å². The van der Waals surface area contributed by atoms with Crippen molar-refractivity contribution < 1.29 is 37.5 Å².